The van der Waals surface area contributed by atoms with Crippen LogP contribution in [0, 0.1) is 0 Å². The Morgan fingerprint density at radius 1 is 1.12 bits per heavy atom. The van der Waals surface area contributed by atoms with Crippen LogP contribution >= 0.6 is 0 Å². The van der Waals surface area contributed by atoms with Crippen molar-refractivity contribution in [1.82, 2.24) is 29.6 Å². The van der Waals surface area contributed by atoms with Crippen molar-refractivity contribution in [2.45, 2.75) is 37.6 Å². The number of likely N-dealkylation sites (tertiary alicyclic amines) is 1. The molecule has 2 atom stereocenters. The Bertz CT molecular complexity index is 914. The quantitative estimate of drug-likeness (QED) is 0.771. The van der Waals surface area contributed by atoms with Gasteiger partial charge >= 0.3 is 0 Å². The van der Waals surface area contributed by atoms with Gasteiger partial charge in [-0.25, -0.2) is 4.98 Å². The van der Waals surface area contributed by atoms with Gasteiger partial charge < -0.3 is 9.88 Å². The van der Waals surface area contributed by atoms with Gasteiger partial charge in [0.2, 0.25) is 0 Å². The number of nitrogens with one attached hydrogen (secondary N) is 1. The van der Waals surface area contributed by atoms with E-state index in [0.29, 0.717) is 5.92 Å². The standard InChI is InChI=1S/C19H20N6O/c26-19(13-3-5-14(6-4-13)24-11-22-23-12-24)25-9-1-2-15-17(25)8-7-16-18(15)21-10-20-16/h3-6,10-12,15,17H,1-2,7-9H2,(H,20,21). The fraction of sp³-hybridized carbons (Fsp3) is 0.368. The second-order valence-corrected chi connectivity index (χ2v) is 7.04. The maximum absolute atomic E-state index is 13.2. The lowest BCUT2D eigenvalue weighted by molar-refractivity contribution is 0.0543. The lowest BCUT2D eigenvalue weighted by atomic mass is 9.78. The highest BCUT2D eigenvalue weighted by atomic mass is 16.2. The van der Waals surface area contributed by atoms with E-state index < -0.39 is 0 Å². The fourth-order valence-electron chi connectivity index (χ4n) is 4.40. The van der Waals surface area contributed by atoms with Crippen LogP contribution in [-0.4, -0.2) is 48.1 Å². The van der Waals surface area contributed by atoms with Crippen molar-refractivity contribution < 1.29 is 4.79 Å². The third-order valence-corrected chi connectivity index (χ3v) is 5.66. The number of imidazole rings is 1. The molecule has 0 saturated carbocycles. The molecule has 2 unspecified atom stereocenters. The van der Waals surface area contributed by atoms with Crippen molar-refractivity contribution in [2.75, 3.05) is 6.54 Å². The number of fused-ring (bicyclic) bond motifs is 3. The molecule has 0 spiro atoms. The van der Waals surface area contributed by atoms with Gasteiger partial charge in [-0.1, -0.05) is 0 Å². The Hall–Kier alpha value is -2.96. The molecule has 7 nitrogen and oxygen atoms in total. The Labute approximate surface area is 151 Å². The van der Waals surface area contributed by atoms with Gasteiger partial charge in [0.15, 0.2) is 0 Å². The van der Waals surface area contributed by atoms with Crippen LogP contribution in [0.2, 0.25) is 0 Å². The summed E-state index contributed by atoms with van der Waals surface area (Å²) in [6, 6.07) is 7.91. The average Bonchev–Trinajstić information content (AvgIpc) is 3.39. The summed E-state index contributed by atoms with van der Waals surface area (Å²) in [4.78, 5) is 23.0. The number of aromatic nitrogens is 5. The van der Waals surface area contributed by atoms with Crippen LogP contribution < -0.4 is 0 Å². The highest BCUT2D eigenvalue weighted by Gasteiger charge is 2.39. The number of carbonyl (C=O) groups is 1. The van der Waals surface area contributed by atoms with E-state index in [1.807, 2.05) is 28.8 Å². The van der Waals surface area contributed by atoms with Crippen molar-refractivity contribution >= 4 is 5.91 Å². The van der Waals surface area contributed by atoms with Crippen LogP contribution in [0.15, 0.2) is 43.2 Å². The predicted molar refractivity (Wildman–Crippen MR) is 95.1 cm³/mol. The molecule has 132 valence electrons. The van der Waals surface area contributed by atoms with Gasteiger partial charge in [0.05, 0.1) is 12.0 Å². The number of hydrogen-bond donors (Lipinski definition) is 1. The zero-order valence-corrected chi connectivity index (χ0v) is 14.4. The number of nitrogens with zero attached hydrogens (tertiary/aromatic N) is 5. The third kappa shape index (κ3) is 2.42. The van der Waals surface area contributed by atoms with E-state index in [1.165, 1.54) is 11.4 Å². The van der Waals surface area contributed by atoms with E-state index in [1.54, 1.807) is 19.0 Å². The second-order valence-electron chi connectivity index (χ2n) is 7.04. The molecule has 1 N–H and O–H groups in total. The maximum atomic E-state index is 13.2. The van der Waals surface area contributed by atoms with Gasteiger partial charge in [-0.3, -0.25) is 9.36 Å². The third-order valence-electron chi connectivity index (χ3n) is 5.66. The van der Waals surface area contributed by atoms with Crippen molar-refractivity contribution in [1.29, 1.82) is 0 Å². The lowest BCUT2D eigenvalue weighted by Gasteiger charge is -2.43. The van der Waals surface area contributed by atoms with Gasteiger partial charge in [0.1, 0.15) is 12.7 Å². The Morgan fingerprint density at radius 3 is 2.73 bits per heavy atom. The van der Waals surface area contributed by atoms with E-state index in [2.05, 4.69) is 25.1 Å². The molecule has 1 fully saturated rings. The van der Waals surface area contributed by atoms with Crippen LogP contribution in [0.5, 0.6) is 0 Å². The molecule has 1 aliphatic heterocycles. The van der Waals surface area contributed by atoms with Gasteiger partial charge in [-0.05, 0) is 49.9 Å². The SMILES string of the molecule is O=C(c1ccc(-n2cnnc2)cc1)N1CCCC2c3nc[nH]c3CCC21. The summed E-state index contributed by atoms with van der Waals surface area (Å²) in [5.41, 5.74) is 4.10. The monoisotopic (exact) mass is 348 g/mol. The summed E-state index contributed by atoms with van der Waals surface area (Å²) in [5, 5.41) is 7.64. The molecule has 1 aliphatic carbocycles. The van der Waals surface area contributed by atoms with Crippen LogP contribution in [0.4, 0.5) is 0 Å². The zero-order valence-electron chi connectivity index (χ0n) is 14.4. The van der Waals surface area contributed by atoms with Crippen molar-refractivity contribution in [3.63, 3.8) is 0 Å². The molecule has 0 bridgehead atoms. The van der Waals surface area contributed by atoms with Crippen molar-refractivity contribution in [3.05, 3.63) is 60.2 Å². The van der Waals surface area contributed by atoms with Crippen LogP contribution in [-0.2, 0) is 6.42 Å². The number of aromatic amines is 1. The summed E-state index contributed by atoms with van der Waals surface area (Å²) in [6.07, 6.45) is 9.19. The molecule has 2 aliphatic rings. The number of aryl methyl sites for hydroxylation is 1. The molecule has 1 aromatic carbocycles. The molecule has 2 aromatic heterocycles. The van der Waals surface area contributed by atoms with E-state index in [4.69, 9.17) is 0 Å². The number of H-pyrrole nitrogens is 1. The molecule has 1 amide bonds. The van der Waals surface area contributed by atoms with Gasteiger partial charge in [-0.15, -0.1) is 10.2 Å². The van der Waals surface area contributed by atoms with Crippen LogP contribution in [0.1, 0.15) is 46.9 Å². The van der Waals surface area contributed by atoms with Gasteiger partial charge in [-0.2, -0.15) is 0 Å². The Balaban J connectivity index is 1.40. The zero-order chi connectivity index (χ0) is 17.5. The number of amides is 1. The molecular formula is C19H20N6O. The van der Waals surface area contributed by atoms with Gasteiger partial charge in [0, 0.05) is 35.4 Å². The smallest absolute Gasteiger partial charge is 0.254 e. The number of piperidine rings is 1. The maximum Gasteiger partial charge on any atom is 0.254 e. The molecular weight excluding hydrogens is 328 g/mol. The van der Waals surface area contributed by atoms with Crippen LogP contribution in [0.25, 0.3) is 5.69 Å². The summed E-state index contributed by atoms with van der Waals surface area (Å²) < 4.78 is 1.82. The predicted octanol–water partition coefficient (Wildman–Crippen LogP) is 2.33. The molecule has 26 heavy (non-hydrogen) atoms. The first kappa shape index (κ1) is 15.3. The molecule has 1 saturated heterocycles. The Morgan fingerprint density at radius 2 is 1.92 bits per heavy atom. The largest absolute Gasteiger partial charge is 0.348 e. The molecule has 0 radical (unpaired) electrons. The fourth-order valence-corrected chi connectivity index (χ4v) is 4.40. The highest BCUT2D eigenvalue weighted by molar-refractivity contribution is 5.94. The number of carbonyl (C=O) groups excluding carboxylic acids is 1. The number of rotatable bonds is 2. The average molecular weight is 348 g/mol. The minimum atomic E-state index is 0.119. The van der Waals surface area contributed by atoms with Crippen molar-refractivity contribution in [2.24, 2.45) is 0 Å². The normalized spacial score (nSPS) is 21.9. The van der Waals surface area contributed by atoms with Crippen molar-refractivity contribution in [3.8, 4) is 5.69 Å². The lowest BCUT2D eigenvalue weighted by Crippen LogP contribution is -2.49. The second kappa shape index (κ2) is 6.09. The highest BCUT2D eigenvalue weighted by Crippen LogP contribution is 2.39. The number of hydrogen-bond acceptors (Lipinski definition) is 4. The van der Waals surface area contributed by atoms with E-state index >= 15 is 0 Å². The minimum absolute atomic E-state index is 0.119. The Kier molecular flexibility index (Phi) is 3.58. The molecule has 3 heterocycles. The minimum Gasteiger partial charge on any atom is -0.348 e. The molecule has 7 heteroatoms. The van der Waals surface area contributed by atoms with E-state index in [-0.39, 0.29) is 11.9 Å². The first-order chi connectivity index (χ1) is 12.8. The molecule has 5 rings (SSSR count). The summed E-state index contributed by atoms with van der Waals surface area (Å²) in [5.74, 6) is 0.480. The van der Waals surface area contributed by atoms with E-state index in [0.717, 1.165) is 43.5 Å². The molecule has 3 aromatic rings. The van der Waals surface area contributed by atoms with Gasteiger partial charge in [0.25, 0.3) is 5.91 Å². The first-order valence-corrected chi connectivity index (χ1v) is 9.09. The summed E-state index contributed by atoms with van der Waals surface area (Å²) >= 11 is 0. The summed E-state index contributed by atoms with van der Waals surface area (Å²) in [7, 11) is 0. The first-order valence-electron chi connectivity index (χ1n) is 9.09. The van der Waals surface area contributed by atoms with E-state index in [9.17, 15) is 4.79 Å². The summed E-state index contributed by atoms with van der Waals surface area (Å²) in [6.45, 7) is 0.826. The van der Waals surface area contributed by atoms with Crippen LogP contribution in [0.3, 0.4) is 0 Å². The number of benzene rings is 1. The topological polar surface area (TPSA) is 79.7 Å².